The van der Waals surface area contributed by atoms with Crippen LogP contribution >= 0.6 is 23.2 Å². The molecule has 6 nitrogen and oxygen atoms in total. The number of rotatable bonds is 5. The molecule has 122 valence electrons. The molecule has 2 aromatic heterocycles. The van der Waals surface area contributed by atoms with Gasteiger partial charge >= 0.3 is 0 Å². The van der Waals surface area contributed by atoms with E-state index in [0.29, 0.717) is 33.9 Å². The number of nitrogens with one attached hydrogen (secondary N) is 1. The molecule has 2 heterocycles. The first-order valence-electron chi connectivity index (χ1n) is 7.10. The summed E-state index contributed by atoms with van der Waals surface area (Å²) in [6.07, 6.45) is 3.80. The normalized spacial score (nSPS) is 10.6. The van der Waals surface area contributed by atoms with Gasteiger partial charge in [-0.05, 0) is 30.3 Å². The van der Waals surface area contributed by atoms with Crippen LogP contribution in [0.1, 0.15) is 12.3 Å². The Hall–Kier alpha value is -2.44. The van der Waals surface area contributed by atoms with Crippen molar-refractivity contribution in [2.75, 3.05) is 5.32 Å². The third-order valence-electron chi connectivity index (χ3n) is 3.18. The fraction of sp³-hybridized carbons (Fsp3) is 0.125. The summed E-state index contributed by atoms with van der Waals surface area (Å²) >= 11 is 11.9. The molecule has 0 saturated heterocycles. The van der Waals surface area contributed by atoms with Crippen LogP contribution in [0.25, 0.3) is 11.4 Å². The molecule has 3 aromatic rings. The number of aromatic nitrogens is 3. The number of hydrogen-bond donors (Lipinski definition) is 1. The molecular weight excluding hydrogens is 351 g/mol. The second-order valence-electron chi connectivity index (χ2n) is 4.92. The highest BCUT2D eigenvalue weighted by atomic mass is 35.5. The Balaban J connectivity index is 1.59. The van der Waals surface area contributed by atoms with Crippen LogP contribution in [0, 0.1) is 0 Å². The van der Waals surface area contributed by atoms with Crippen LogP contribution in [0.5, 0.6) is 0 Å². The van der Waals surface area contributed by atoms with Crippen LogP contribution in [0.3, 0.4) is 0 Å². The molecule has 1 amide bonds. The number of aryl methyl sites for hydroxylation is 1. The van der Waals surface area contributed by atoms with Crippen molar-refractivity contribution >= 4 is 34.8 Å². The summed E-state index contributed by atoms with van der Waals surface area (Å²) in [5, 5.41) is 7.51. The Morgan fingerprint density at radius 3 is 2.75 bits per heavy atom. The number of pyridine rings is 1. The predicted octanol–water partition coefficient (Wildman–Crippen LogP) is 4.01. The summed E-state index contributed by atoms with van der Waals surface area (Å²) in [7, 11) is 0. The van der Waals surface area contributed by atoms with Gasteiger partial charge < -0.3 is 9.84 Å². The Kier molecular flexibility index (Phi) is 5.08. The van der Waals surface area contributed by atoms with Gasteiger partial charge in [-0.3, -0.25) is 9.78 Å². The first-order chi connectivity index (χ1) is 11.6. The smallest absolute Gasteiger partial charge is 0.227 e. The van der Waals surface area contributed by atoms with Gasteiger partial charge in [0.15, 0.2) is 0 Å². The van der Waals surface area contributed by atoms with E-state index >= 15 is 0 Å². The van der Waals surface area contributed by atoms with Gasteiger partial charge in [0, 0.05) is 35.8 Å². The van der Waals surface area contributed by atoms with E-state index in [1.54, 1.807) is 42.7 Å². The topological polar surface area (TPSA) is 80.9 Å². The van der Waals surface area contributed by atoms with Crippen molar-refractivity contribution in [1.29, 1.82) is 0 Å². The molecule has 0 atom stereocenters. The average Bonchev–Trinajstić information content (AvgIpc) is 3.06. The summed E-state index contributed by atoms with van der Waals surface area (Å²) in [6, 6.07) is 8.43. The van der Waals surface area contributed by atoms with Crippen LogP contribution in [0.4, 0.5) is 5.69 Å². The molecule has 0 fully saturated rings. The molecule has 0 bridgehead atoms. The van der Waals surface area contributed by atoms with Crippen molar-refractivity contribution in [2.24, 2.45) is 0 Å². The Bertz CT molecular complexity index is 852. The molecule has 0 saturated carbocycles. The summed E-state index contributed by atoms with van der Waals surface area (Å²) < 4.78 is 5.15. The molecule has 0 spiro atoms. The second-order valence-corrected chi connectivity index (χ2v) is 5.76. The minimum absolute atomic E-state index is 0.181. The highest BCUT2D eigenvalue weighted by molar-refractivity contribution is 6.35. The number of hydrogen-bond acceptors (Lipinski definition) is 5. The summed E-state index contributed by atoms with van der Waals surface area (Å²) in [5.74, 6) is 0.627. The lowest BCUT2D eigenvalue weighted by molar-refractivity contribution is -0.116. The van der Waals surface area contributed by atoms with Gasteiger partial charge in [-0.15, -0.1) is 0 Å². The third-order valence-corrected chi connectivity index (χ3v) is 3.74. The second kappa shape index (κ2) is 7.42. The van der Waals surface area contributed by atoms with E-state index in [4.69, 9.17) is 27.7 Å². The van der Waals surface area contributed by atoms with E-state index in [1.807, 2.05) is 0 Å². The third kappa shape index (κ3) is 4.10. The molecule has 0 aliphatic heterocycles. The number of benzene rings is 1. The van der Waals surface area contributed by atoms with Gasteiger partial charge in [0.25, 0.3) is 0 Å². The number of halogens is 2. The SMILES string of the molecule is O=C(CCc1nc(-c2ccncc2)no1)Nc1cc(Cl)ccc1Cl. The number of nitrogens with zero attached hydrogens (tertiary/aromatic N) is 3. The van der Waals surface area contributed by atoms with Gasteiger partial charge in [0.2, 0.25) is 17.6 Å². The number of anilines is 1. The molecule has 0 aliphatic carbocycles. The number of carbonyl (C=O) groups excluding carboxylic acids is 1. The highest BCUT2D eigenvalue weighted by Crippen LogP contribution is 2.25. The van der Waals surface area contributed by atoms with E-state index in [2.05, 4.69) is 20.4 Å². The molecule has 24 heavy (non-hydrogen) atoms. The van der Waals surface area contributed by atoms with Gasteiger partial charge in [-0.1, -0.05) is 28.4 Å². The molecule has 1 aromatic carbocycles. The zero-order chi connectivity index (χ0) is 16.9. The molecule has 0 radical (unpaired) electrons. The Morgan fingerprint density at radius 2 is 1.96 bits per heavy atom. The number of carbonyl (C=O) groups is 1. The molecule has 3 rings (SSSR count). The van der Waals surface area contributed by atoms with Crippen LogP contribution in [0.15, 0.2) is 47.2 Å². The van der Waals surface area contributed by atoms with Gasteiger partial charge in [0.1, 0.15) is 0 Å². The first kappa shape index (κ1) is 16.4. The predicted molar refractivity (Wildman–Crippen MR) is 90.9 cm³/mol. The van der Waals surface area contributed by atoms with Crippen molar-refractivity contribution in [3.05, 3.63) is 58.7 Å². The van der Waals surface area contributed by atoms with E-state index in [0.717, 1.165) is 5.56 Å². The Morgan fingerprint density at radius 1 is 1.17 bits per heavy atom. The standard InChI is InChI=1S/C16H12Cl2N4O2/c17-11-1-2-12(18)13(9-11)20-14(23)3-4-15-21-16(22-24-15)10-5-7-19-8-6-10/h1-2,5-9H,3-4H2,(H,20,23). The molecule has 1 N–H and O–H groups in total. The minimum Gasteiger partial charge on any atom is -0.339 e. The van der Waals surface area contributed by atoms with Crippen molar-refractivity contribution < 1.29 is 9.32 Å². The van der Waals surface area contributed by atoms with Crippen LogP contribution in [-0.4, -0.2) is 21.0 Å². The molecule has 8 heteroatoms. The molecular formula is C16H12Cl2N4O2. The quantitative estimate of drug-likeness (QED) is 0.741. The lowest BCUT2D eigenvalue weighted by Crippen LogP contribution is -2.12. The van der Waals surface area contributed by atoms with E-state index < -0.39 is 0 Å². The zero-order valence-electron chi connectivity index (χ0n) is 12.4. The van der Waals surface area contributed by atoms with E-state index in [-0.39, 0.29) is 12.3 Å². The summed E-state index contributed by atoms with van der Waals surface area (Å²) in [4.78, 5) is 20.2. The van der Waals surface area contributed by atoms with Gasteiger partial charge in [0.05, 0.1) is 10.7 Å². The molecule has 0 unspecified atom stereocenters. The van der Waals surface area contributed by atoms with E-state index in [9.17, 15) is 4.79 Å². The van der Waals surface area contributed by atoms with Crippen molar-refractivity contribution in [2.45, 2.75) is 12.8 Å². The fourth-order valence-electron chi connectivity index (χ4n) is 2.00. The maximum Gasteiger partial charge on any atom is 0.227 e. The van der Waals surface area contributed by atoms with Crippen LogP contribution in [-0.2, 0) is 11.2 Å². The highest BCUT2D eigenvalue weighted by Gasteiger charge is 2.12. The van der Waals surface area contributed by atoms with Crippen LogP contribution in [0.2, 0.25) is 10.0 Å². The van der Waals surface area contributed by atoms with E-state index in [1.165, 1.54) is 0 Å². The Labute approximate surface area is 147 Å². The average molecular weight is 363 g/mol. The largest absolute Gasteiger partial charge is 0.339 e. The monoisotopic (exact) mass is 362 g/mol. The maximum absolute atomic E-state index is 12.0. The maximum atomic E-state index is 12.0. The first-order valence-corrected chi connectivity index (χ1v) is 7.85. The van der Waals surface area contributed by atoms with Crippen molar-refractivity contribution in [3.63, 3.8) is 0 Å². The molecule has 0 aliphatic rings. The fourth-order valence-corrected chi connectivity index (χ4v) is 2.34. The van der Waals surface area contributed by atoms with Crippen LogP contribution < -0.4 is 5.32 Å². The summed E-state index contributed by atoms with van der Waals surface area (Å²) in [5.41, 5.74) is 1.27. The van der Waals surface area contributed by atoms with Gasteiger partial charge in [-0.2, -0.15) is 4.98 Å². The zero-order valence-corrected chi connectivity index (χ0v) is 13.9. The van der Waals surface area contributed by atoms with Gasteiger partial charge in [-0.25, -0.2) is 0 Å². The number of amides is 1. The van der Waals surface area contributed by atoms with Crippen molar-refractivity contribution in [1.82, 2.24) is 15.1 Å². The minimum atomic E-state index is -0.220. The summed E-state index contributed by atoms with van der Waals surface area (Å²) in [6.45, 7) is 0. The lowest BCUT2D eigenvalue weighted by Gasteiger charge is -2.06. The van der Waals surface area contributed by atoms with Crippen molar-refractivity contribution in [3.8, 4) is 11.4 Å². The lowest BCUT2D eigenvalue weighted by atomic mass is 10.2.